The molecule has 0 aliphatic carbocycles. The Balaban J connectivity index is 2.09. The van der Waals surface area contributed by atoms with E-state index < -0.39 is 0 Å². The summed E-state index contributed by atoms with van der Waals surface area (Å²) in [5.41, 5.74) is 2.64. The van der Waals surface area contributed by atoms with E-state index in [-0.39, 0.29) is 5.41 Å². The monoisotopic (exact) mass is 277 g/mol. The van der Waals surface area contributed by atoms with Crippen molar-refractivity contribution in [2.24, 2.45) is 0 Å². The van der Waals surface area contributed by atoms with Gasteiger partial charge in [0.1, 0.15) is 5.01 Å². The molecule has 1 N–H and O–H groups in total. The molecule has 2 rings (SSSR count). The zero-order valence-corrected chi connectivity index (χ0v) is 13.0. The lowest BCUT2D eigenvalue weighted by molar-refractivity contribution is 0.568. The fraction of sp³-hybridized carbons (Fsp3) is 0.533. The van der Waals surface area contributed by atoms with Gasteiger partial charge in [-0.3, -0.25) is 0 Å². The molecule has 19 heavy (non-hydrogen) atoms. The van der Waals surface area contributed by atoms with Crippen LogP contribution in [-0.4, -0.2) is 16.1 Å². The van der Waals surface area contributed by atoms with Gasteiger partial charge < -0.3 is 9.88 Å². The van der Waals surface area contributed by atoms with Crippen LogP contribution in [0.4, 0.5) is 0 Å². The third-order valence-corrected chi connectivity index (χ3v) is 3.94. The molecule has 0 aliphatic rings. The first-order chi connectivity index (χ1) is 9.00. The maximum absolute atomic E-state index is 4.76. The zero-order chi connectivity index (χ0) is 13.9. The minimum atomic E-state index is 0.137. The van der Waals surface area contributed by atoms with Gasteiger partial charge in [-0.15, -0.1) is 11.3 Å². The van der Waals surface area contributed by atoms with E-state index in [2.05, 4.69) is 61.3 Å². The van der Waals surface area contributed by atoms with E-state index in [0.717, 1.165) is 19.6 Å². The number of hydrogen-bond acceptors (Lipinski definition) is 3. The van der Waals surface area contributed by atoms with Gasteiger partial charge in [0, 0.05) is 29.2 Å². The average Bonchev–Trinajstić information content (AvgIpc) is 2.95. The molecular formula is C15H23N3S. The highest BCUT2D eigenvalue weighted by Gasteiger charge is 2.17. The maximum atomic E-state index is 4.76. The lowest BCUT2D eigenvalue weighted by Gasteiger charge is -2.14. The zero-order valence-electron chi connectivity index (χ0n) is 12.2. The van der Waals surface area contributed by atoms with E-state index in [1.165, 1.54) is 16.4 Å². The highest BCUT2D eigenvalue weighted by Crippen LogP contribution is 2.24. The standard InChI is InChI=1S/C15H23N3S/c1-5-16-9-12-7-6-8-18(12)10-14-17-13(11-19-14)15(2,3)4/h6-8,11,16H,5,9-10H2,1-4H3. The predicted octanol–water partition coefficient (Wildman–Crippen LogP) is 3.40. The summed E-state index contributed by atoms with van der Waals surface area (Å²) in [6, 6.07) is 4.27. The molecule has 2 heterocycles. The number of nitrogens with one attached hydrogen (secondary N) is 1. The molecule has 0 unspecified atom stereocenters. The van der Waals surface area contributed by atoms with Crippen LogP contribution in [0.5, 0.6) is 0 Å². The molecule has 0 fully saturated rings. The van der Waals surface area contributed by atoms with Gasteiger partial charge in [0.25, 0.3) is 0 Å². The first-order valence-corrected chi connectivity index (χ1v) is 7.68. The third-order valence-electron chi connectivity index (χ3n) is 3.11. The number of rotatable bonds is 5. The molecule has 0 aromatic carbocycles. The highest BCUT2D eigenvalue weighted by atomic mass is 32.1. The second kappa shape index (κ2) is 5.88. The van der Waals surface area contributed by atoms with Gasteiger partial charge >= 0.3 is 0 Å². The van der Waals surface area contributed by atoms with E-state index in [0.29, 0.717) is 0 Å². The molecule has 4 heteroatoms. The molecule has 2 aromatic heterocycles. The van der Waals surface area contributed by atoms with Crippen molar-refractivity contribution in [1.29, 1.82) is 0 Å². The van der Waals surface area contributed by atoms with Crippen molar-refractivity contribution in [2.75, 3.05) is 6.54 Å². The Morgan fingerprint density at radius 2 is 2.16 bits per heavy atom. The topological polar surface area (TPSA) is 29.9 Å². The molecule has 104 valence electrons. The molecule has 0 saturated carbocycles. The quantitative estimate of drug-likeness (QED) is 0.908. The van der Waals surface area contributed by atoms with Crippen LogP contribution in [-0.2, 0) is 18.5 Å². The first kappa shape index (κ1) is 14.3. The number of hydrogen-bond donors (Lipinski definition) is 1. The van der Waals surface area contributed by atoms with Crippen LogP contribution >= 0.6 is 11.3 Å². The van der Waals surface area contributed by atoms with E-state index in [1.807, 2.05) is 0 Å². The Bertz CT molecular complexity index is 519. The van der Waals surface area contributed by atoms with E-state index in [1.54, 1.807) is 11.3 Å². The van der Waals surface area contributed by atoms with E-state index in [4.69, 9.17) is 4.98 Å². The van der Waals surface area contributed by atoms with Crippen LogP contribution < -0.4 is 5.32 Å². The summed E-state index contributed by atoms with van der Waals surface area (Å²) in [6.45, 7) is 11.5. The summed E-state index contributed by atoms with van der Waals surface area (Å²) >= 11 is 1.75. The fourth-order valence-corrected chi connectivity index (χ4v) is 2.91. The second-order valence-corrected chi connectivity index (χ2v) is 6.73. The summed E-state index contributed by atoms with van der Waals surface area (Å²) < 4.78 is 2.27. The lowest BCUT2D eigenvalue weighted by Crippen LogP contribution is -2.16. The minimum absolute atomic E-state index is 0.137. The smallest absolute Gasteiger partial charge is 0.113 e. The Morgan fingerprint density at radius 3 is 2.79 bits per heavy atom. The minimum Gasteiger partial charge on any atom is -0.343 e. The molecule has 0 saturated heterocycles. The van der Waals surface area contributed by atoms with Crippen LogP contribution in [0.3, 0.4) is 0 Å². The third kappa shape index (κ3) is 3.67. The van der Waals surface area contributed by atoms with Crippen molar-refractivity contribution in [1.82, 2.24) is 14.9 Å². The second-order valence-electron chi connectivity index (χ2n) is 5.78. The van der Waals surface area contributed by atoms with Gasteiger partial charge in [-0.2, -0.15) is 0 Å². The van der Waals surface area contributed by atoms with Gasteiger partial charge in [-0.25, -0.2) is 4.98 Å². The normalized spacial score (nSPS) is 12.0. The molecule has 0 radical (unpaired) electrons. The molecule has 2 aromatic rings. The van der Waals surface area contributed by atoms with Crippen molar-refractivity contribution < 1.29 is 0 Å². The summed E-state index contributed by atoms with van der Waals surface area (Å²) in [4.78, 5) is 4.76. The van der Waals surface area contributed by atoms with Gasteiger partial charge in [0.2, 0.25) is 0 Å². The van der Waals surface area contributed by atoms with Crippen molar-refractivity contribution in [3.05, 3.63) is 40.1 Å². The molecular weight excluding hydrogens is 254 g/mol. The van der Waals surface area contributed by atoms with Crippen LogP contribution in [0.25, 0.3) is 0 Å². The van der Waals surface area contributed by atoms with Crippen LogP contribution in [0, 0.1) is 0 Å². The lowest BCUT2D eigenvalue weighted by atomic mass is 9.93. The summed E-state index contributed by atoms with van der Waals surface area (Å²) in [5.74, 6) is 0. The fourth-order valence-electron chi connectivity index (χ4n) is 1.89. The molecule has 0 spiro atoms. The van der Waals surface area contributed by atoms with Gasteiger partial charge in [-0.1, -0.05) is 27.7 Å². The SMILES string of the molecule is CCNCc1cccn1Cc1nc(C(C)(C)C)cs1. The summed E-state index contributed by atoms with van der Waals surface area (Å²) in [5, 5.41) is 6.73. The molecule has 0 amide bonds. The van der Waals surface area contributed by atoms with Gasteiger partial charge in [0.15, 0.2) is 0 Å². The van der Waals surface area contributed by atoms with Crippen molar-refractivity contribution >= 4 is 11.3 Å². The predicted molar refractivity (Wildman–Crippen MR) is 81.7 cm³/mol. The van der Waals surface area contributed by atoms with Crippen molar-refractivity contribution in [2.45, 2.75) is 46.2 Å². The molecule has 0 bridgehead atoms. The average molecular weight is 277 g/mol. The molecule has 0 aliphatic heterocycles. The molecule has 3 nitrogen and oxygen atoms in total. The van der Waals surface area contributed by atoms with Gasteiger partial charge in [-0.05, 0) is 18.7 Å². The molecule has 0 atom stereocenters. The Hall–Kier alpha value is -1.13. The number of nitrogens with zero attached hydrogens (tertiary/aromatic N) is 2. The Kier molecular flexibility index (Phi) is 4.42. The van der Waals surface area contributed by atoms with Crippen molar-refractivity contribution in [3.8, 4) is 0 Å². The van der Waals surface area contributed by atoms with E-state index in [9.17, 15) is 0 Å². The van der Waals surface area contributed by atoms with Crippen LogP contribution in [0.1, 0.15) is 44.1 Å². The van der Waals surface area contributed by atoms with Crippen LogP contribution in [0.15, 0.2) is 23.7 Å². The first-order valence-electron chi connectivity index (χ1n) is 6.80. The Labute approximate surface area is 119 Å². The van der Waals surface area contributed by atoms with Crippen molar-refractivity contribution in [3.63, 3.8) is 0 Å². The van der Waals surface area contributed by atoms with E-state index >= 15 is 0 Å². The number of thiazole rings is 1. The highest BCUT2D eigenvalue weighted by molar-refractivity contribution is 7.09. The number of aromatic nitrogens is 2. The maximum Gasteiger partial charge on any atom is 0.113 e. The Morgan fingerprint density at radius 1 is 1.37 bits per heavy atom. The summed E-state index contributed by atoms with van der Waals surface area (Å²) in [7, 11) is 0. The summed E-state index contributed by atoms with van der Waals surface area (Å²) in [6.07, 6.45) is 2.13. The largest absolute Gasteiger partial charge is 0.343 e. The van der Waals surface area contributed by atoms with Crippen LogP contribution in [0.2, 0.25) is 0 Å². The van der Waals surface area contributed by atoms with Gasteiger partial charge in [0.05, 0.1) is 12.2 Å².